The minimum Gasteiger partial charge on any atom is -0.478 e. The zero-order chi connectivity index (χ0) is 10.4. The summed E-state index contributed by atoms with van der Waals surface area (Å²) >= 11 is 0. The molecule has 0 aliphatic heterocycles. The van der Waals surface area contributed by atoms with E-state index in [1.165, 1.54) is 0 Å². The Hall–Kier alpha value is -1.61. The Balaban J connectivity index is 2.63. The van der Waals surface area contributed by atoms with Crippen LogP contribution in [0.3, 0.4) is 0 Å². The third-order valence-electron chi connectivity index (χ3n) is 1.68. The van der Waals surface area contributed by atoms with Crippen LogP contribution in [-0.4, -0.2) is 17.7 Å². The van der Waals surface area contributed by atoms with Crippen LogP contribution in [0.2, 0.25) is 0 Å². The quantitative estimate of drug-likeness (QED) is 0.574. The van der Waals surface area contributed by atoms with Crippen molar-refractivity contribution < 1.29 is 14.6 Å². The van der Waals surface area contributed by atoms with Gasteiger partial charge in [-0.2, -0.15) is 0 Å². The van der Waals surface area contributed by atoms with Gasteiger partial charge in [0.15, 0.2) is 0 Å². The summed E-state index contributed by atoms with van der Waals surface area (Å²) in [5, 5.41) is 8.72. The summed E-state index contributed by atoms with van der Waals surface area (Å²) in [5.41, 5.74) is 1.14. The Kier molecular flexibility index (Phi) is 3.88. The number of hydrogen-bond acceptors (Lipinski definition) is 2. The van der Waals surface area contributed by atoms with E-state index in [9.17, 15) is 4.79 Å². The van der Waals surface area contributed by atoms with E-state index in [2.05, 4.69) is 6.58 Å². The van der Waals surface area contributed by atoms with Crippen LogP contribution in [0.5, 0.6) is 0 Å². The first-order valence-corrected chi connectivity index (χ1v) is 4.25. The highest BCUT2D eigenvalue weighted by Crippen LogP contribution is 2.06. The molecule has 0 aliphatic carbocycles. The maximum absolute atomic E-state index is 10.6. The van der Waals surface area contributed by atoms with Gasteiger partial charge in [-0.15, -0.1) is 6.58 Å². The molecule has 0 saturated carbocycles. The lowest BCUT2D eigenvalue weighted by Crippen LogP contribution is -1.98. The number of carboxylic acid groups (broad SMARTS) is 1. The van der Waals surface area contributed by atoms with Crippen LogP contribution in [-0.2, 0) is 11.3 Å². The molecule has 0 atom stereocenters. The van der Waals surface area contributed by atoms with Crippen molar-refractivity contribution in [1.29, 1.82) is 0 Å². The molecule has 0 aliphatic rings. The predicted octanol–water partition coefficient (Wildman–Crippen LogP) is 2.09. The highest BCUT2D eigenvalue weighted by Gasteiger charge is 2.02. The molecule has 0 spiro atoms. The molecule has 74 valence electrons. The van der Waals surface area contributed by atoms with Gasteiger partial charge in [0.05, 0.1) is 18.8 Å². The number of rotatable bonds is 5. The van der Waals surface area contributed by atoms with Crippen molar-refractivity contribution in [2.24, 2.45) is 0 Å². The molecule has 1 rings (SSSR count). The van der Waals surface area contributed by atoms with Crippen molar-refractivity contribution in [2.75, 3.05) is 6.61 Å². The Morgan fingerprint density at radius 1 is 1.57 bits per heavy atom. The summed E-state index contributed by atoms with van der Waals surface area (Å²) in [6.07, 6.45) is 1.65. The number of aromatic carboxylic acids is 1. The Bertz CT molecular complexity index is 331. The number of carbonyl (C=O) groups is 1. The fraction of sp³-hybridized carbons (Fsp3) is 0.182. The summed E-state index contributed by atoms with van der Waals surface area (Å²) < 4.78 is 5.19. The van der Waals surface area contributed by atoms with Crippen molar-refractivity contribution in [3.63, 3.8) is 0 Å². The Morgan fingerprint density at radius 3 is 3.00 bits per heavy atom. The van der Waals surface area contributed by atoms with Crippen molar-refractivity contribution >= 4 is 5.97 Å². The topological polar surface area (TPSA) is 46.5 Å². The summed E-state index contributed by atoms with van der Waals surface area (Å²) in [6.45, 7) is 4.40. The molecule has 0 fully saturated rings. The smallest absolute Gasteiger partial charge is 0.335 e. The fourth-order valence-corrected chi connectivity index (χ4v) is 1.05. The van der Waals surface area contributed by atoms with Gasteiger partial charge in [0.25, 0.3) is 0 Å². The lowest BCUT2D eigenvalue weighted by atomic mass is 10.1. The normalized spacial score (nSPS) is 9.71. The maximum atomic E-state index is 10.6. The third kappa shape index (κ3) is 3.03. The van der Waals surface area contributed by atoms with E-state index in [0.717, 1.165) is 5.56 Å². The zero-order valence-electron chi connectivity index (χ0n) is 7.77. The molecule has 1 N–H and O–H groups in total. The van der Waals surface area contributed by atoms with Crippen LogP contribution < -0.4 is 0 Å². The molecule has 0 unspecified atom stereocenters. The SMILES string of the molecule is C=CCOCc1cccc(C(=O)O)c1. The van der Waals surface area contributed by atoms with Crippen molar-refractivity contribution in [2.45, 2.75) is 6.61 Å². The third-order valence-corrected chi connectivity index (χ3v) is 1.68. The molecule has 0 radical (unpaired) electrons. The first-order chi connectivity index (χ1) is 6.74. The van der Waals surface area contributed by atoms with E-state index >= 15 is 0 Å². The van der Waals surface area contributed by atoms with E-state index in [1.807, 2.05) is 6.07 Å². The van der Waals surface area contributed by atoms with Gasteiger partial charge < -0.3 is 9.84 Å². The molecular formula is C11H12O3. The van der Waals surface area contributed by atoms with Gasteiger partial charge in [-0.1, -0.05) is 18.2 Å². The molecular weight excluding hydrogens is 180 g/mol. The lowest BCUT2D eigenvalue weighted by molar-refractivity contribution is 0.0696. The molecule has 3 nitrogen and oxygen atoms in total. The largest absolute Gasteiger partial charge is 0.478 e. The van der Waals surface area contributed by atoms with Gasteiger partial charge in [-0.3, -0.25) is 0 Å². The van der Waals surface area contributed by atoms with E-state index in [-0.39, 0.29) is 5.56 Å². The number of carboxylic acids is 1. The maximum Gasteiger partial charge on any atom is 0.335 e. The zero-order valence-corrected chi connectivity index (χ0v) is 7.77. The minimum absolute atomic E-state index is 0.282. The van der Waals surface area contributed by atoms with Crippen LogP contribution in [0.15, 0.2) is 36.9 Å². The van der Waals surface area contributed by atoms with E-state index in [0.29, 0.717) is 13.2 Å². The first kappa shape index (κ1) is 10.5. The molecule has 0 saturated heterocycles. The second kappa shape index (κ2) is 5.19. The molecule has 0 aromatic heterocycles. The minimum atomic E-state index is -0.921. The Morgan fingerprint density at radius 2 is 2.36 bits per heavy atom. The van der Waals surface area contributed by atoms with Crippen LogP contribution in [0.4, 0.5) is 0 Å². The van der Waals surface area contributed by atoms with Gasteiger partial charge in [0.2, 0.25) is 0 Å². The summed E-state index contributed by atoms with van der Waals surface area (Å²) in [4.78, 5) is 10.6. The predicted molar refractivity (Wildman–Crippen MR) is 53.3 cm³/mol. The lowest BCUT2D eigenvalue weighted by Gasteiger charge is -2.02. The monoisotopic (exact) mass is 192 g/mol. The molecule has 3 heteroatoms. The fourth-order valence-electron chi connectivity index (χ4n) is 1.05. The van der Waals surface area contributed by atoms with Gasteiger partial charge in [0.1, 0.15) is 0 Å². The van der Waals surface area contributed by atoms with Crippen molar-refractivity contribution in [1.82, 2.24) is 0 Å². The van der Waals surface area contributed by atoms with Gasteiger partial charge in [-0.05, 0) is 17.7 Å². The molecule has 1 aromatic carbocycles. The van der Waals surface area contributed by atoms with Gasteiger partial charge in [-0.25, -0.2) is 4.79 Å². The number of hydrogen-bond donors (Lipinski definition) is 1. The molecule has 0 amide bonds. The van der Waals surface area contributed by atoms with Crippen molar-refractivity contribution in [3.05, 3.63) is 48.0 Å². The molecule has 1 aromatic rings. The van der Waals surface area contributed by atoms with E-state index in [1.54, 1.807) is 24.3 Å². The standard InChI is InChI=1S/C11H12O3/c1-2-6-14-8-9-4-3-5-10(7-9)11(12)13/h2-5,7H,1,6,8H2,(H,12,13). The van der Waals surface area contributed by atoms with E-state index in [4.69, 9.17) is 9.84 Å². The number of ether oxygens (including phenoxy) is 1. The van der Waals surface area contributed by atoms with Crippen LogP contribution in [0.25, 0.3) is 0 Å². The Labute approximate surface area is 82.6 Å². The average Bonchev–Trinajstić information content (AvgIpc) is 2.19. The average molecular weight is 192 g/mol. The van der Waals surface area contributed by atoms with E-state index < -0.39 is 5.97 Å². The highest BCUT2D eigenvalue weighted by molar-refractivity contribution is 5.87. The van der Waals surface area contributed by atoms with Crippen LogP contribution in [0.1, 0.15) is 15.9 Å². The molecule has 14 heavy (non-hydrogen) atoms. The summed E-state index contributed by atoms with van der Waals surface area (Å²) in [7, 11) is 0. The second-order valence-corrected chi connectivity index (χ2v) is 2.81. The second-order valence-electron chi connectivity index (χ2n) is 2.81. The highest BCUT2D eigenvalue weighted by atomic mass is 16.5. The number of benzene rings is 1. The summed E-state index contributed by atoms with van der Waals surface area (Å²) in [6, 6.07) is 6.69. The van der Waals surface area contributed by atoms with Gasteiger partial charge in [0, 0.05) is 0 Å². The molecule has 0 heterocycles. The van der Waals surface area contributed by atoms with Gasteiger partial charge >= 0.3 is 5.97 Å². The van der Waals surface area contributed by atoms with Crippen LogP contribution in [0, 0.1) is 0 Å². The first-order valence-electron chi connectivity index (χ1n) is 4.25. The van der Waals surface area contributed by atoms with Crippen molar-refractivity contribution in [3.8, 4) is 0 Å². The van der Waals surface area contributed by atoms with Crippen LogP contribution >= 0.6 is 0 Å². The molecule has 0 bridgehead atoms. The summed E-state index contributed by atoms with van der Waals surface area (Å²) in [5.74, 6) is -0.921.